The van der Waals surface area contributed by atoms with Crippen molar-refractivity contribution in [3.05, 3.63) is 35.7 Å². The molecule has 0 aliphatic carbocycles. The van der Waals surface area contributed by atoms with Gasteiger partial charge in [0.15, 0.2) is 6.61 Å². The molecule has 1 N–H and O–H groups in total. The Hall–Kier alpha value is -3.07. The molecule has 1 saturated heterocycles. The highest BCUT2D eigenvalue weighted by Crippen LogP contribution is 2.31. The normalized spacial score (nSPS) is 19.7. The summed E-state index contributed by atoms with van der Waals surface area (Å²) in [6.45, 7) is 0.408. The SMILES string of the molecule is CC(COc1nnc([C@@H]2CC[C@@H](NC(=O)COc3ccc(C(F)(F)F)cc3)CO2)o1)OC(F)(F)F. The number of nitrogens with one attached hydrogen (secondary N) is 1. The zero-order valence-electron chi connectivity index (χ0n) is 18.2. The summed E-state index contributed by atoms with van der Waals surface area (Å²) >= 11 is 0. The van der Waals surface area contributed by atoms with E-state index in [1.807, 2.05) is 0 Å². The first-order valence-corrected chi connectivity index (χ1v) is 10.3. The fourth-order valence-corrected chi connectivity index (χ4v) is 3.08. The third-order valence-electron chi connectivity index (χ3n) is 4.67. The smallest absolute Gasteiger partial charge is 0.484 e. The quantitative estimate of drug-likeness (QED) is 0.505. The van der Waals surface area contributed by atoms with Gasteiger partial charge in [-0.3, -0.25) is 9.53 Å². The van der Waals surface area contributed by atoms with Crippen molar-refractivity contribution in [3.63, 3.8) is 0 Å². The van der Waals surface area contributed by atoms with Crippen molar-refractivity contribution < 1.29 is 54.5 Å². The molecule has 194 valence electrons. The first-order chi connectivity index (χ1) is 16.4. The molecule has 1 unspecified atom stereocenters. The van der Waals surface area contributed by atoms with Crippen LogP contribution in [0.1, 0.15) is 37.3 Å². The van der Waals surface area contributed by atoms with E-state index in [4.69, 9.17) is 18.6 Å². The number of rotatable bonds is 9. The highest BCUT2D eigenvalue weighted by atomic mass is 19.4. The van der Waals surface area contributed by atoms with E-state index in [-0.39, 0.29) is 30.4 Å². The molecule has 0 spiro atoms. The number of alkyl halides is 6. The Kier molecular flexibility index (Phi) is 8.43. The summed E-state index contributed by atoms with van der Waals surface area (Å²) in [4.78, 5) is 12.1. The molecule has 9 nitrogen and oxygen atoms in total. The van der Waals surface area contributed by atoms with Crippen LogP contribution in [0.4, 0.5) is 26.3 Å². The van der Waals surface area contributed by atoms with Crippen LogP contribution in [0, 0.1) is 0 Å². The van der Waals surface area contributed by atoms with Crippen LogP contribution in [-0.2, 0) is 20.4 Å². The molecule has 1 aliphatic rings. The third kappa shape index (κ3) is 8.58. The Bertz CT molecular complexity index is 957. The van der Waals surface area contributed by atoms with Crippen LogP contribution in [0.5, 0.6) is 11.8 Å². The van der Waals surface area contributed by atoms with E-state index in [0.717, 1.165) is 31.2 Å². The lowest BCUT2D eigenvalue weighted by Crippen LogP contribution is -2.43. The maximum Gasteiger partial charge on any atom is 0.522 e. The molecule has 1 fully saturated rings. The van der Waals surface area contributed by atoms with Crippen LogP contribution in [0.3, 0.4) is 0 Å². The number of carbonyl (C=O) groups is 1. The molecule has 2 aromatic rings. The van der Waals surface area contributed by atoms with Crippen molar-refractivity contribution in [2.75, 3.05) is 19.8 Å². The first-order valence-electron chi connectivity index (χ1n) is 10.3. The number of aromatic nitrogens is 2. The maximum absolute atomic E-state index is 12.6. The van der Waals surface area contributed by atoms with E-state index in [9.17, 15) is 31.1 Å². The van der Waals surface area contributed by atoms with Crippen molar-refractivity contribution in [2.24, 2.45) is 0 Å². The highest BCUT2D eigenvalue weighted by molar-refractivity contribution is 5.77. The summed E-state index contributed by atoms with van der Waals surface area (Å²) in [5.74, 6) is -0.303. The molecule has 0 saturated carbocycles. The average molecular weight is 513 g/mol. The zero-order chi connectivity index (χ0) is 25.6. The van der Waals surface area contributed by atoms with Crippen LogP contribution >= 0.6 is 0 Å². The molecule has 1 aliphatic heterocycles. The van der Waals surface area contributed by atoms with Gasteiger partial charge in [-0.15, -0.1) is 18.3 Å². The Morgan fingerprint density at radius 3 is 2.43 bits per heavy atom. The van der Waals surface area contributed by atoms with Crippen LogP contribution in [-0.4, -0.2) is 54.4 Å². The largest absolute Gasteiger partial charge is 0.522 e. The number of ether oxygens (including phenoxy) is 4. The standard InChI is InChI=1S/C20H21F6N3O6/c1-11(35-20(24,25)26)8-33-18-29-28-17(34-18)15-7-4-13(9-32-15)27-16(30)10-31-14-5-2-12(3-6-14)19(21,22)23/h2-3,5-6,11,13,15H,4,7-10H2,1H3,(H,27,30)/t11?,13-,15+/m1/s1. The highest BCUT2D eigenvalue weighted by Gasteiger charge is 2.33. The van der Waals surface area contributed by atoms with Crippen LogP contribution in [0.2, 0.25) is 0 Å². The van der Waals surface area contributed by atoms with Gasteiger partial charge in [0.1, 0.15) is 18.5 Å². The summed E-state index contributed by atoms with van der Waals surface area (Å²) in [5.41, 5.74) is -0.826. The van der Waals surface area contributed by atoms with Gasteiger partial charge in [0.25, 0.3) is 5.91 Å². The Morgan fingerprint density at radius 2 is 1.83 bits per heavy atom. The van der Waals surface area contributed by atoms with Gasteiger partial charge in [0.2, 0.25) is 5.89 Å². The summed E-state index contributed by atoms with van der Waals surface area (Å²) in [7, 11) is 0. The minimum absolute atomic E-state index is 0.0693. The molecule has 15 heteroatoms. The zero-order valence-corrected chi connectivity index (χ0v) is 18.2. The number of carbonyl (C=O) groups excluding carboxylic acids is 1. The molecule has 1 amide bonds. The van der Waals surface area contributed by atoms with Crippen molar-refractivity contribution in [3.8, 4) is 11.8 Å². The number of hydrogen-bond acceptors (Lipinski definition) is 8. The van der Waals surface area contributed by atoms with Crippen LogP contribution < -0.4 is 14.8 Å². The lowest BCUT2D eigenvalue weighted by molar-refractivity contribution is -0.342. The number of benzene rings is 1. The van der Waals surface area contributed by atoms with E-state index in [1.54, 1.807) is 0 Å². The van der Waals surface area contributed by atoms with Crippen molar-refractivity contribution in [1.82, 2.24) is 15.5 Å². The molecule has 1 aromatic carbocycles. The molecule has 0 bridgehead atoms. The minimum Gasteiger partial charge on any atom is -0.484 e. The maximum atomic E-state index is 12.6. The predicted octanol–water partition coefficient (Wildman–Crippen LogP) is 3.81. The molecular weight excluding hydrogens is 492 g/mol. The second-order valence-corrected chi connectivity index (χ2v) is 7.57. The van der Waals surface area contributed by atoms with Gasteiger partial charge < -0.3 is 23.9 Å². The summed E-state index contributed by atoms with van der Waals surface area (Å²) < 4.78 is 99.0. The van der Waals surface area contributed by atoms with Gasteiger partial charge in [-0.1, -0.05) is 5.10 Å². The van der Waals surface area contributed by atoms with E-state index in [1.165, 1.54) is 0 Å². The predicted molar refractivity (Wildman–Crippen MR) is 103 cm³/mol. The number of halogens is 6. The third-order valence-corrected chi connectivity index (χ3v) is 4.67. The molecule has 3 rings (SSSR count). The molecule has 35 heavy (non-hydrogen) atoms. The van der Waals surface area contributed by atoms with Crippen molar-refractivity contribution in [1.29, 1.82) is 0 Å². The number of nitrogens with zero attached hydrogens (tertiary/aromatic N) is 2. The fraction of sp³-hybridized carbons (Fsp3) is 0.550. The van der Waals surface area contributed by atoms with Crippen LogP contribution in [0.25, 0.3) is 0 Å². The lowest BCUT2D eigenvalue weighted by Gasteiger charge is -2.27. The minimum atomic E-state index is -4.79. The second kappa shape index (κ2) is 11.1. The van der Waals surface area contributed by atoms with E-state index < -0.39 is 49.4 Å². The van der Waals surface area contributed by atoms with Gasteiger partial charge in [-0.05, 0) is 44.0 Å². The number of hydrogen-bond donors (Lipinski definition) is 1. The second-order valence-electron chi connectivity index (χ2n) is 7.57. The molecular formula is C20H21F6N3O6. The molecule has 0 radical (unpaired) electrons. The molecule has 1 aromatic heterocycles. The Balaban J connectivity index is 1.37. The van der Waals surface area contributed by atoms with Gasteiger partial charge in [-0.25, -0.2) is 0 Å². The van der Waals surface area contributed by atoms with Gasteiger partial charge in [0.05, 0.1) is 24.3 Å². The summed E-state index contributed by atoms with van der Waals surface area (Å²) in [5, 5.41) is 10.0. The number of amides is 1. The Labute approximate surface area is 194 Å². The fourth-order valence-electron chi connectivity index (χ4n) is 3.08. The van der Waals surface area contributed by atoms with E-state index in [2.05, 4.69) is 20.3 Å². The van der Waals surface area contributed by atoms with Crippen molar-refractivity contribution in [2.45, 2.75) is 50.6 Å². The first kappa shape index (κ1) is 26.5. The molecule has 2 heterocycles. The lowest BCUT2D eigenvalue weighted by atomic mass is 10.1. The van der Waals surface area contributed by atoms with Crippen LogP contribution in [0.15, 0.2) is 28.7 Å². The Morgan fingerprint density at radius 1 is 1.11 bits per heavy atom. The van der Waals surface area contributed by atoms with Gasteiger partial charge in [-0.2, -0.15) is 13.2 Å². The van der Waals surface area contributed by atoms with Gasteiger partial charge in [0, 0.05) is 0 Å². The summed E-state index contributed by atoms with van der Waals surface area (Å²) in [6.07, 6.45) is -10.6. The van der Waals surface area contributed by atoms with Crippen molar-refractivity contribution >= 4 is 5.91 Å². The van der Waals surface area contributed by atoms with E-state index >= 15 is 0 Å². The summed E-state index contributed by atoms with van der Waals surface area (Å²) in [6, 6.07) is 3.60. The monoisotopic (exact) mass is 513 g/mol. The van der Waals surface area contributed by atoms with E-state index in [0.29, 0.717) is 12.8 Å². The van der Waals surface area contributed by atoms with Gasteiger partial charge >= 0.3 is 18.6 Å². The average Bonchev–Trinajstić information content (AvgIpc) is 3.24. The topological polar surface area (TPSA) is 105 Å². The molecule has 3 atom stereocenters.